The number of ether oxygens (including phenoxy) is 1. The number of imidazole rings is 1. The number of benzene rings is 1. The molecular weight excluding hydrogens is 519 g/mol. The molecule has 0 aliphatic rings. The van der Waals surface area contributed by atoms with Crippen molar-refractivity contribution in [3.05, 3.63) is 52.3 Å². The summed E-state index contributed by atoms with van der Waals surface area (Å²) in [4.78, 5) is 29.4. The number of carbonyl (C=O) groups is 2. The molecule has 0 bridgehead atoms. The Morgan fingerprint density at radius 2 is 1.88 bits per heavy atom. The Morgan fingerprint density at radius 3 is 2.44 bits per heavy atom. The number of pyridine rings is 1. The number of nitrogens with zero attached hydrogens (tertiary/aromatic N) is 3. The van der Waals surface area contributed by atoms with Crippen molar-refractivity contribution >= 4 is 39.3 Å². The topological polar surface area (TPSA) is 87.0 Å². The van der Waals surface area contributed by atoms with E-state index in [1.165, 1.54) is 18.3 Å². The molecule has 0 radical (unpaired) electrons. The van der Waals surface area contributed by atoms with Gasteiger partial charge in [0.2, 0.25) is 0 Å². The van der Waals surface area contributed by atoms with Crippen LogP contribution in [0.25, 0.3) is 16.9 Å². The van der Waals surface area contributed by atoms with Crippen molar-refractivity contribution in [2.24, 2.45) is 0 Å². The first-order valence-corrected chi connectivity index (χ1v) is 11.0. The van der Waals surface area contributed by atoms with Crippen LogP contribution in [0.15, 0.2) is 41.1 Å². The fourth-order valence-corrected chi connectivity index (χ4v) is 3.79. The van der Waals surface area contributed by atoms with Crippen LogP contribution in [-0.2, 0) is 4.74 Å². The van der Waals surface area contributed by atoms with Gasteiger partial charge in [0, 0.05) is 28.3 Å². The maximum atomic E-state index is 13.0. The molecule has 182 valence electrons. The predicted octanol–water partition coefficient (Wildman–Crippen LogP) is 5.13. The number of aromatic nitrogens is 2. The lowest BCUT2D eigenvalue weighted by Crippen LogP contribution is -2.39. The zero-order valence-electron chi connectivity index (χ0n) is 18.9. The molecule has 1 aromatic carbocycles. The molecule has 7 nitrogen and oxygen atoms in total. The highest BCUT2D eigenvalue weighted by molar-refractivity contribution is 9.10. The van der Waals surface area contributed by atoms with Crippen LogP contribution in [0.5, 0.6) is 0 Å². The van der Waals surface area contributed by atoms with Crippen molar-refractivity contribution in [3.63, 3.8) is 0 Å². The molecule has 2 aromatic heterocycles. The van der Waals surface area contributed by atoms with E-state index in [-0.39, 0.29) is 16.9 Å². The van der Waals surface area contributed by atoms with E-state index in [1.807, 2.05) is 0 Å². The predicted molar refractivity (Wildman–Crippen MR) is 122 cm³/mol. The highest BCUT2D eigenvalue weighted by Crippen LogP contribution is 2.33. The standard InChI is InChI=1S/C23H23BrF3N3O4/c1-13-9-14(5-6-16(13)20(31)32)18-11-28-19-17(10-15(24)12-30(18)19)29(8-7-23(25,26)27)21(33)34-22(2,3)4/h5-6,9-12H,7-8H2,1-4H3,(H,31,32)/p-1. The van der Waals surface area contributed by atoms with Gasteiger partial charge in [0.1, 0.15) is 5.60 Å². The quantitative estimate of drug-likeness (QED) is 0.447. The van der Waals surface area contributed by atoms with E-state index in [0.717, 1.165) is 4.90 Å². The van der Waals surface area contributed by atoms with E-state index in [1.54, 1.807) is 50.4 Å². The van der Waals surface area contributed by atoms with Crippen molar-refractivity contribution in [3.8, 4) is 11.3 Å². The van der Waals surface area contributed by atoms with E-state index in [4.69, 9.17) is 4.74 Å². The summed E-state index contributed by atoms with van der Waals surface area (Å²) in [5.74, 6) is -1.30. The zero-order chi connectivity index (χ0) is 25.4. The van der Waals surface area contributed by atoms with Crippen LogP contribution in [0.1, 0.15) is 43.1 Å². The second-order valence-electron chi connectivity index (χ2n) is 8.69. The third-order valence-electron chi connectivity index (χ3n) is 4.82. The first-order valence-electron chi connectivity index (χ1n) is 10.2. The summed E-state index contributed by atoms with van der Waals surface area (Å²) in [6, 6.07) is 6.13. The van der Waals surface area contributed by atoms with Crippen LogP contribution in [0.4, 0.5) is 23.7 Å². The van der Waals surface area contributed by atoms with Gasteiger partial charge in [-0.1, -0.05) is 12.1 Å². The molecule has 0 saturated carbocycles. The Bertz CT molecular complexity index is 1250. The van der Waals surface area contributed by atoms with Gasteiger partial charge < -0.3 is 14.6 Å². The van der Waals surface area contributed by atoms with Gasteiger partial charge in [-0.15, -0.1) is 0 Å². The highest BCUT2D eigenvalue weighted by atomic mass is 79.9. The van der Waals surface area contributed by atoms with Crippen LogP contribution in [-0.4, -0.2) is 39.8 Å². The summed E-state index contributed by atoms with van der Waals surface area (Å²) in [6.07, 6.45) is -3.50. The minimum Gasteiger partial charge on any atom is -0.545 e. The largest absolute Gasteiger partial charge is 0.545 e. The number of carboxylic acid groups (broad SMARTS) is 1. The molecular formula is C23H22BrF3N3O4-. The number of amides is 1. The van der Waals surface area contributed by atoms with Crippen molar-refractivity contribution in [2.45, 2.75) is 45.9 Å². The SMILES string of the molecule is Cc1cc(-c2cnc3c(N(CCC(F)(F)F)C(=O)OC(C)(C)C)cc(Br)cn23)ccc1C(=O)[O-]. The van der Waals surface area contributed by atoms with E-state index in [9.17, 15) is 27.9 Å². The number of halogens is 4. The van der Waals surface area contributed by atoms with Gasteiger partial charge in [0.05, 0.1) is 30.0 Å². The molecule has 0 atom stereocenters. The second-order valence-corrected chi connectivity index (χ2v) is 9.61. The maximum Gasteiger partial charge on any atom is 0.414 e. The summed E-state index contributed by atoms with van der Waals surface area (Å²) >= 11 is 3.35. The minimum absolute atomic E-state index is 0.0442. The minimum atomic E-state index is -4.48. The van der Waals surface area contributed by atoms with Crippen molar-refractivity contribution in [2.75, 3.05) is 11.4 Å². The average Bonchev–Trinajstić information content (AvgIpc) is 3.09. The Hall–Kier alpha value is -3.08. The van der Waals surface area contributed by atoms with Crippen LogP contribution < -0.4 is 10.0 Å². The number of aryl methyl sites for hydroxylation is 1. The van der Waals surface area contributed by atoms with Crippen LogP contribution in [0.2, 0.25) is 0 Å². The normalized spacial score (nSPS) is 12.1. The maximum absolute atomic E-state index is 13.0. The fourth-order valence-electron chi connectivity index (χ4n) is 3.37. The number of alkyl halides is 3. The molecule has 34 heavy (non-hydrogen) atoms. The molecule has 11 heteroatoms. The number of carboxylic acids is 1. The van der Waals surface area contributed by atoms with Crippen molar-refractivity contribution < 1.29 is 32.6 Å². The lowest BCUT2D eigenvalue weighted by atomic mass is 10.0. The zero-order valence-corrected chi connectivity index (χ0v) is 20.5. The van der Waals surface area contributed by atoms with Gasteiger partial charge in [-0.3, -0.25) is 9.30 Å². The fraction of sp³-hybridized carbons (Fsp3) is 0.348. The highest BCUT2D eigenvalue weighted by Gasteiger charge is 2.32. The number of carbonyl (C=O) groups excluding carboxylic acids is 2. The van der Waals surface area contributed by atoms with Gasteiger partial charge in [0.15, 0.2) is 5.65 Å². The van der Waals surface area contributed by atoms with E-state index in [2.05, 4.69) is 20.9 Å². The summed E-state index contributed by atoms with van der Waals surface area (Å²) < 4.78 is 46.5. The van der Waals surface area contributed by atoms with Gasteiger partial charge in [-0.2, -0.15) is 13.2 Å². The molecule has 3 aromatic rings. The second kappa shape index (κ2) is 9.28. The van der Waals surface area contributed by atoms with Gasteiger partial charge in [-0.05, 0) is 61.3 Å². The Kier molecular flexibility index (Phi) is 6.97. The molecule has 0 saturated heterocycles. The molecule has 2 heterocycles. The summed E-state index contributed by atoms with van der Waals surface area (Å²) in [7, 11) is 0. The number of anilines is 1. The number of hydrogen-bond donors (Lipinski definition) is 0. The first-order chi connectivity index (χ1) is 15.7. The lowest BCUT2D eigenvalue weighted by Gasteiger charge is -2.28. The van der Waals surface area contributed by atoms with Gasteiger partial charge >= 0.3 is 12.3 Å². The third kappa shape index (κ3) is 5.88. The summed E-state index contributed by atoms with van der Waals surface area (Å²) in [6.45, 7) is 5.83. The van der Waals surface area contributed by atoms with Crippen LogP contribution >= 0.6 is 15.9 Å². The van der Waals surface area contributed by atoms with Gasteiger partial charge in [0.25, 0.3) is 0 Å². The van der Waals surface area contributed by atoms with Crippen molar-refractivity contribution in [1.29, 1.82) is 0 Å². The monoisotopic (exact) mass is 540 g/mol. The third-order valence-corrected chi connectivity index (χ3v) is 5.25. The summed E-state index contributed by atoms with van der Waals surface area (Å²) in [5, 5.41) is 11.2. The van der Waals surface area contributed by atoms with Gasteiger partial charge in [-0.25, -0.2) is 9.78 Å². The molecule has 0 fully saturated rings. The van der Waals surface area contributed by atoms with E-state index in [0.29, 0.717) is 21.3 Å². The Morgan fingerprint density at radius 1 is 1.21 bits per heavy atom. The molecule has 0 aliphatic carbocycles. The van der Waals surface area contributed by atoms with Crippen LogP contribution in [0.3, 0.4) is 0 Å². The van der Waals surface area contributed by atoms with Crippen molar-refractivity contribution in [1.82, 2.24) is 9.38 Å². The van der Waals surface area contributed by atoms with E-state index < -0.39 is 36.8 Å². The molecule has 0 aliphatic heterocycles. The molecule has 0 N–H and O–H groups in total. The first kappa shape index (κ1) is 25.5. The van der Waals surface area contributed by atoms with Crippen LogP contribution in [0, 0.1) is 6.92 Å². The molecule has 3 rings (SSSR count). The number of hydrogen-bond acceptors (Lipinski definition) is 5. The average molecular weight is 541 g/mol. The summed E-state index contributed by atoms with van der Waals surface area (Å²) in [5.41, 5.74) is 1.12. The number of rotatable bonds is 5. The lowest BCUT2D eigenvalue weighted by molar-refractivity contribution is -0.255. The van der Waals surface area contributed by atoms with E-state index >= 15 is 0 Å². The Balaban J connectivity index is 2.14. The smallest absolute Gasteiger partial charge is 0.414 e. The molecule has 1 amide bonds. The molecule has 0 spiro atoms. The Labute approximate surface area is 202 Å². The number of fused-ring (bicyclic) bond motifs is 1. The number of aromatic carboxylic acids is 1. The molecule has 0 unspecified atom stereocenters.